The first-order valence-corrected chi connectivity index (χ1v) is 10.1. The van der Waals surface area contributed by atoms with Crippen LogP contribution in [-0.4, -0.2) is 10.9 Å². The van der Waals surface area contributed by atoms with Crippen LogP contribution in [0.5, 0.6) is 0 Å². The summed E-state index contributed by atoms with van der Waals surface area (Å²) in [7, 11) is 0. The zero-order valence-electron chi connectivity index (χ0n) is 15.2. The summed E-state index contributed by atoms with van der Waals surface area (Å²) in [4.78, 5) is 17.2. The number of nitrogens with one attached hydrogen (secondary N) is 1. The Hall–Kier alpha value is -2.89. The molecule has 0 atom stereocenters. The molecule has 0 saturated heterocycles. The lowest BCUT2D eigenvalue weighted by atomic mass is 10.1. The largest absolute Gasteiger partial charge is 0.436 e. The van der Waals surface area contributed by atoms with Gasteiger partial charge in [0.1, 0.15) is 0 Å². The van der Waals surface area contributed by atoms with Crippen molar-refractivity contribution in [3.8, 4) is 22.8 Å². The van der Waals surface area contributed by atoms with E-state index in [0.717, 1.165) is 15.6 Å². The molecule has 0 unspecified atom stereocenters. The molecule has 0 radical (unpaired) electrons. The molecule has 29 heavy (non-hydrogen) atoms. The third kappa shape index (κ3) is 4.58. The minimum absolute atomic E-state index is 0.197. The van der Waals surface area contributed by atoms with E-state index in [4.69, 9.17) is 16.0 Å². The van der Waals surface area contributed by atoms with Crippen LogP contribution < -0.4 is 5.32 Å². The van der Waals surface area contributed by atoms with Gasteiger partial charge in [0.25, 0.3) is 5.91 Å². The number of hydrogen-bond acceptors (Lipinski definition) is 3. The lowest BCUT2D eigenvalue weighted by Gasteiger charge is -2.08. The molecule has 4 rings (SSSR count). The second-order valence-electron chi connectivity index (χ2n) is 6.39. The van der Waals surface area contributed by atoms with Gasteiger partial charge in [-0.1, -0.05) is 63.9 Å². The maximum atomic E-state index is 12.8. The number of hydrogen-bond donors (Lipinski definition) is 1. The molecular formula is C23H16BrClN2O2. The van der Waals surface area contributed by atoms with Crippen molar-refractivity contribution in [2.24, 2.45) is 0 Å². The van der Waals surface area contributed by atoms with Gasteiger partial charge in [0, 0.05) is 27.2 Å². The van der Waals surface area contributed by atoms with E-state index in [9.17, 15) is 4.79 Å². The lowest BCUT2D eigenvalue weighted by molar-refractivity contribution is 0.0951. The normalized spacial score (nSPS) is 10.7. The van der Waals surface area contributed by atoms with Gasteiger partial charge in [-0.25, -0.2) is 4.98 Å². The highest BCUT2D eigenvalue weighted by atomic mass is 79.9. The molecule has 3 aromatic carbocycles. The number of halogens is 2. The van der Waals surface area contributed by atoms with Gasteiger partial charge in [0.15, 0.2) is 5.76 Å². The predicted octanol–water partition coefficient (Wildman–Crippen LogP) is 6.35. The van der Waals surface area contributed by atoms with Gasteiger partial charge in [0.05, 0.1) is 11.8 Å². The minimum Gasteiger partial charge on any atom is -0.436 e. The number of nitrogens with zero attached hydrogens (tertiary/aromatic N) is 1. The summed E-state index contributed by atoms with van der Waals surface area (Å²) in [6, 6.07) is 22.4. The molecule has 0 spiro atoms. The SMILES string of the molecule is O=C(NCc1ccc(Cl)cc1)c1ccccc1-c1ncc(-c2cccc(Br)c2)o1. The molecule has 144 valence electrons. The molecule has 0 aliphatic carbocycles. The van der Waals surface area contributed by atoms with E-state index in [-0.39, 0.29) is 5.91 Å². The van der Waals surface area contributed by atoms with Crippen LogP contribution in [0, 0.1) is 0 Å². The quantitative estimate of drug-likeness (QED) is 0.372. The van der Waals surface area contributed by atoms with Crippen molar-refractivity contribution in [2.45, 2.75) is 6.54 Å². The van der Waals surface area contributed by atoms with E-state index < -0.39 is 0 Å². The van der Waals surface area contributed by atoms with Crippen LogP contribution in [0.2, 0.25) is 5.02 Å². The fourth-order valence-electron chi connectivity index (χ4n) is 2.92. The van der Waals surface area contributed by atoms with Crippen LogP contribution >= 0.6 is 27.5 Å². The Balaban J connectivity index is 1.57. The van der Waals surface area contributed by atoms with Crippen LogP contribution in [0.15, 0.2) is 87.9 Å². The van der Waals surface area contributed by atoms with Crippen molar-refractivity contribution >= 4 is 33.4 Å². The number of amides is 1. The number of oxazole rings is 1. The second-order valence-corrected chi connectivity index (χ2v) is 7.75. The van der Waals surface area contributed by atoms with Gasteiger partial charge in [-0.15, -0.1) is 0 Å². The third-order valence-electron chi connectivity index (χ3n) is 4.38. The van der Waals surface area contributed by atoms with Gasteiger partial charge in [-0.2, -0.15) is 0 Å². The number of aromatic nitrogens is 1. The smallest absolute Gasteiger partial charge is 0.252 e. The molecule has 4 nitrogen and oxygen atoms in total. The summed E-state index contributed by atoms with van der Waals surface area (Å²) in [5, 5.41) is 3.60. The van der Waals surface area contributed by atoms with Gasteiger partial charge in [-0.3, -0.25) is 4.79 Å². The van der Waals surface area contributed by atoms with Crippen LogP contribution in [-0.2, 0) is 6.54 Å². The molecule has 1 N–H and O–H groups in total. The molecular weight excluding hydrogens is 452 g/mol. The first-order valence-electron chi connectivity index (χ1n) is 8.94. The van der Waals surface area contributed by atoms with Crippen LogP contribution in [0.1, 0.15) is 15.9 Å². The Bertz CT molecular complexity index is 1160. The van der Waals surface area contributed by atoms with Crippen molar-refractivity contribution in [2.75, 3.05) is 0 Å². The molecule has 1 heterocycles. The molecule has 0 aliphatic rings. The monoisotopic (exact) mass is 466 g/mol. The van der Waals surface area contributed by atoms with Crippen LogP contribution in [0.4, 0.5) is 0 Å². The van der Waals surface area contributed by atoms with E-state index >= 15 is 0 Å². The number of carbonyl (C=O) groups excluding carboxylic acids is 1. The highest BCUT2D eigenvalue weighted by Crippen LogP contribution is 2.29. The summed E-state index contributed by atoms with van der Waals surface area (Å²) in [5.41, 5.74) is 3.02. The minimum atomic E-state index is -0.197. The Labute approximate surface area is 181 Å². The van der Waals surface area contributed by atoms with Crippen molar-refractivity contribution in [1.29, 1.82) is 0 Å². The van der Waals surface area contributed by atoms with Crippen molar-refractivity contribution in [1.82, 2.24) is 10.3 Å². The van der Waals surface area contributed by atoms with Gasteiger partial charge in [-0.05, 0) is 42.0 Å². The molecule has 1 aromatic heterocycles. The van der Waals surface area contributed by atoms with Crippen molar-refractivity contribution in [3.05, 3.63) is 99.6 Å². The highest BCUT2D eigenvalue weighted by molar-refractivity contribution is 9.10. The Kier molecular flexibility index (Phi) is 5.79. The van der Waals surface area contributed by atoms with Crippen LogP contribution in [0.25, 0.3) is 22.8 Å². The van der Waals surface area contributed by atoms with Crippen molar-refractivity contribution in [3.63, 3.8) is 0 Å². The predicted molar refractivity (Wildman–Crippen MR) is 118 cm³/mol. The summed E-state index contributed by atoms with van der Waals surface area (Å²) in [6.45, 7) is 0.402. The third-order valence-corrected chi connectivity index (χ3v) is 5.13. The fraction of sp³-hybridized carbons (Fsp3) is 0.0435. The Morgan fingerprint density at radius 3 is 2.62 bits per heavy atom. The average Bonchev–Trinajstić information content (AvgIpc) is 3.23. The number of carbonyl (C=O) groups is 1. The number of benzene rings is 3. The van der Waals surface area contributed by atoms with Crippen molar-refractivity contribution < 1.29 is 9.21 Å². The van der Waals surface area contributed by atoms with E-state index in [0.29, 0.717) is 34.3 Å². The molecule has 0 fully saturated rings. The standard InChI is InChI=1S/C23H16BrClN2O2/c24-17-5-3-4-16(12-17)21-14-27-23(29-21)20-7-2-1-6-19(20)22(28)26-13-15-8-10-18(25)11-9-15/h1-12,14H,13H2,(H,26,28). The zero-order chi connectivity index (χ0) is 20.2. The maximum absolute atomic E-state index is 12.8. The first-order chi connectivity index (χ1) is 14.1. The van der Waals surface area contributed by atoms with E-state index in [1.54, 1.807) is 24.4 Å². The summed E-state index contributed by atoms with van der Waals surface area (Å²) >= 11 is 9.37. The molecule has 1 amide bonds. The summed E-state index contributed by atoms with van der Waals surface area (Å²) in [5.74, 6) is 0.840. The first kappa shape index (κ1) is 19.4. The molecule has 0 saturated carbocycles. The van der Waals surface area contributed by atoms with Gasteiger partial charge < -0.3 is 9.73 Å². The van der Waals surface area contributed by atoms with Gasteiger partial charge in [0.2, 0.25) is 5.89 Å². The van der Waals surface area contributed by atoms with Crippen LogP contribution in [0.3, 0.4) is 0 Å². The van der Waals surface area contributed by atoms with E-state index in [1.807, 2.05) is 54.6 Å². The van der Waals surface area contributed by atoms with Gasteiger partial charge >= 0.3 is 0 Å². The molecule has 0 aliphatic heterocycles. The van der Waals surface area contributed by atoms with E-state index in [1.165, 1.54) is 0 Å². The molecule has 0 bridgehead atoms. The second kappa shape index (κ2) is 8.64. The maximum Gasteiger partial charge on any atom is 0.252 e. The topological polar surface area (TPSA) is 55.1 Å². The molecule has 6 heteroatoms. The fourth-order valence-corrected chi connectivity index (χ4v) is 3.45. The number of rotatable bonds is 5. The summed E-state index contributed by atoms with van der Waals surface area (Å²) < 4.78 is 6.90. The van der Waals surface area contributed by atoms with E-state index in [2.05, 4.69) is 26.2 Å². The Morgan fingerprint density at radius 2 is 1.83 bits per heavy atom. The highest BCUT2D eigenvalue weighted by Gasteiger charge is 2.17. The Morgan fingerprint density at radius 1 is 1.03 bits per heavy atom. The lowest BCUT2D eigenvalue weighted by Crippen LogP contribution is -2.23. The summed E-state index contributed by atoms with van der Waals surface area (Å²) in [6.07, 6.45) is 1.67. The molecule has 4 aromatic rings. The zero-order valence-corrected chi connectivity index (χ0v) is 17.6. The average molecular weight is 468 g/mol.